The Kier molecular flexibility index (Phi) is 2.49. The molecule has 0 radical (unpaired) electrons. The predicted molar refractivity (Wildman–Crippen MR) is 58.7 cm³/mol. The second kappa shape index (κ2) is 4.28. The SMILES string of the molecule is O=Cc1ccc(Cn2nnc(-c3ccco3)n2)o1. The standard InChI is InChI=1S/C11H8N4O3/c16-7-9-4-3-8(18-9)6-15-13-11(12-14-15)10-2-1-5-17-10/h1-5,7H,6H2. The van der Waals surface area contributed by atoms with Crippen LogP contribution in [0, 0.1) is 0 Å². The van der Waals surface area contributed by atoms with Crippen molar-refractivity contribution in [3.05, 3.63) is 42.0 Å². The van der Waals surface area contributed by atoms with Crippen LogP contribution in [0.2, 0.25) is 0 Å². The third-order valence-corrected chi connectivity index (χ3v) is 2.29. The minimum atomic E-state index is 0.274. The van der Waals surface area contributed by atoms with Gasteiger partial charge in [0, 0.05) is 0 Å². The highest BCUT2D eigenvalue weighted by molar-refractivity contribution is 5.70. The zero-order valence-electron chi connectivity index (χ0n) is 9.18. The van der Waals surface area contributed by atoms with Crippen molar-refractivity contribution in [2.75, 3.05) is 0 Å². The van der Waals surface area contributed by atoms with E-state index in [4.69, 9.17) is 8.83 Å². The molecule has 7 nitrogen and oxygen atoms in total. The Balaban J connectivity index is 1.79. The van der Waals surface area contributed by atoms with Crippen molar-refractivity contribution in [3.63, 3.8) is 0 Å². The molecule has 0 atom stereocenters. The third kappa shape index (κ3) is 1.93. The van der Waals surface area contributed by atoms with Gasteiger partial charge in [-0.25, -0.2) is 0 Å². The minimum absolute atomic E-state index is 0.274. The Bertz CT molecular complexity index is 653. The fraction of sp³-hybridized carbons (Fsp3) is 0.0909. The van der Waals surface area contributed by atoms with Gasteiger partial charge in [-0.15, -0.1) is 10.2 Å². The lowest BCUT2D eigenvalue weighted by atomic mass is 10.4. The lowest BCUT2D eigenvalue weighted by molar-refractivity contribution is 0.109. The van der Waals surface area contributed by atoms with Crippen molar-refractivity contribution in [2.24, 2.45) is 0 Å². The zero-order chi connectivity index (χ0) is 12.4. The van der Waals surface area contributed by atoms with Crippen LogP contribution in [0.1, 0.15) is 16.3 Å². The molecule has 18 heavy (non-hydrogen) atoms. The van der Waals surface area contributed by atoms with Crippen LogP contribution in [0.3, 0.4) is 0 Å². The molecule has 0 saturated heterocycles. The Morgan fingerprint density at radius 2 is 2.28 bits per heavy atom. The largest absolute Gasteiger partial charge is 0.461 e. The van der Waals surface area contributed by atoms with Crippen molar-refractivity contribution < 1.29 is 13.6 Å². The van der Waals surface area contributed by atoms with Gasteiger partial charge in [-0.3, -0.25) is 4.79 Å². The van der Waals surface area contributed by atoms with Crippen LogP contribution in [0.5, 0.6) is 0 Å². The van der Waals surface area contributed by atoms with Crippen LogP contribution >= 0.6 is 0 Å². The number of furan rings is 2. The predicted octanol–water partition coefficient (Wildman–Crippen LogP) is 1.39. The number of aldehydes is 1. The molecule has 3 heterocycles. The summed E-state index contributed by atoms with van der Waals surface area (Å²) >= 11 is 0. The first-order chi connectivity index (χ1) is 8.85. The van der Waals surface area contributed by atoms with Crippen molar-refractivity contribution in [2.45, 2.75) is 6.54 Å². The van der Waals surface area contributed by atoms with Gasteiger partial charge in [0.05, 0.1) is 6.26 Å². The number of hydrogen-bond donors (Lipinski definition) is 0. The summed E-state index contributed by atoms with van der Waals surface area (Å²) in [6, 6.07) is 6.78. The zero-order valence-corrected chi connectivity index (χ0v) is 9.18. The van der Waals surface area contributed by atoms with E-state index in [0.29, 0.717) is 30.2 Å². The molecule has 0 spiro atoms. The highest BCUT2D eigenvalue weighted by atomic mass is 16.3. The molecule has 0 aliphatic carbocycles. The molecule has 0 fully saturated rings. The molecule has 0 aromatic carbocycles. The van der Waals surface area contributed by atoms with Crippen LogP contribution in [0.15, 0.2) is 39.4 Å². The van der Waals surface area contributed by atoms with Gasteiger partial charge in [0.25, 0.3) is 0 Å². The quantitative estimate of drug-likeness (QED) is 0.644. The minimum Gasteiger partial charge on any atom is -0.461 e. The average molecular weight is 244 g/mol. The second-order valence-corrected chi connectivity index (χ2v) is 3.54. The Morgan fingerprint density at radius 1 is 1.33 bits per heavy atom. The number of carbonyl (C=O) groups is 1. The van der Waals surface area contributed by atoms with E-state index in [1.165, 1.54) is 4.80 Å². The van der Waals surface area contributed by atoms with E-state index < -0.39 is 0 Å². The van der Waals surface area contributed by atoms with E-state index in [1.807, 2.05) is 0 Å². The van der Waals surface area contributed by atoms with Crippen LogP contribution in [-0.2, 0) is 6.54 Å². The van der Waals surface area contributed by atoms with Crippen LogP contribution in [0.25, 0.3) is 11.6 Å². The van der Waals surface area contributed by atoms with Crippen LogP contribution < -0.4 is 0 Å². The summed E-state index contributed by atoms with van der Waals surface area (Å²) in [5, 5.41) is 11.9. The van der Waals surface area contributed by atoms with Crippen LogP contribution in [0.4, 0.5) is 0 Å². The van der Waals surface area contributed by atoms with Gasteiger partial charge >= 0.3 is 0 Å². The molecule has 0 N–H and O–H groups in total. The van der Waals surface area contributed by atoms with Crippen LogP contribution in [-0.4, -0.2) is 26.5 Å². The fourth-order valence-corrected chi connectivity index (χ4v) is 1.50. The van der Waals surface area contributed by atoms with Crippen molar-refractivity contribution in [1.82, 2.24) is 20.2 Å². The van der Waals surface area contributed by atoms with E-state index in [2.05, 4.69) is 15.4 Å². The summed E-state index contributed by atoms with van der Waals surface area (Å²) in [6.45, 7) is 0.307. The smallest absolute Gasteiger partial charge is 0.240 e. The molecule has 0 bridgehead atoms. The number of hydrogen-bond acceptors (Lipinski definition) is 6. The first-order valence-electron chi connectivity index (χ1n) is 5.21. The lowest BCUT2D eigenvalue weighted by Crippen LogP contribution is -2.02. The first-order valence-corrected chi connectivity index (χ1v) is 5.21. The maximum Gasteiger partial charge on any atom is 0.240 e. The maximum atomic E-state index is 10.5. The number of rotatable bonds is 4. The normalized spacial score (nSPS) is 10.7. The number of aromatic nitrogens is 4. The number of nitrogens with zero attached hydrogens (tertiary/aromatic N) is 4. The molecule has 0 unspecified atom stereocenters. The maximum absolute atomic E-state index is 10.5. The fourth-order valence-electron chi connectivity index (χ4n) is 1.50. The molecule has 3 aromatic heterocycles. The van der Waals surface area contributed by atoms with Gasteiger partial charge in [-0.2, -0.15) is 4.80 Å². The lowest BCUT2D eigenvalue weighted by Gasteiger charge is -1.93. The summed E-state index contributed by atoms with van der Waals surface area (Å²) in [7, 11) is 0. The monoisotopic (exact) mass is 244 g/mol. The number of tetrazole rings is 1. The van der Waals surface area contributed by atoms with Crippen molar-refractivity contribution in [3.8, 4) is 11.6 Å². The summed E-state index contributed by atoms with van der Waals surface area (Å²) in [5.74, 6) is 1.81. The third-order valence-electron chi connectivity index (χ3n) is 2.29. The Hall–Kier alpha value is -2.70. The molecule has 90 valence electrons. The molecule has 3 rings (SSSR count). The summed E-state index contributed by atoms with van der Waals surface area (Å²) in [5.41, 5.74) is 0. The molecule has 3 aromatic rings. The highest BCUT2D eigenvalue weighted by Gasteiger charge is 2.09. The van der Waals surface area contributed by atoms with E-state index >= 15 is 0 Å². The van der Waals surface area contributed by atoms with E-state index in [0.717, 1.165) is 0 Å². The second-order valence-electron chi connectivity index (χ2n) is 3.54. The Morgan fingerprint density at radius 3 is 3.00 bits per heavy atom. The van der Waals surface area contributed by atoms with Gasteiger partial charge < -0.3 is 8.83 Å². The van der Waals surface area contributed by atoms with Gasteiger partial charge in [0.1, 0.15) is 12.3 Å². The van der Waals surface area contributed by atoms with Crippen molar-refractivity contribution >= 4 is 6.29 Å². The molecule has 0 saturated carbocycles. The summed E-state index contributed by atoms with van der Waals surface area (Å²) < 4.78 is 10.4. The van der Waals surface area contributed by atoms with E-state index in [-0.39, 0.29) is 5.76 Å². The molecular weight excluding hydrogens is 236 g/mol. The summed E-state index contributed by atoms with van der Waals surface area (Å²) in [4.78, 5) is 11.8. The van der Waals surface area contributed by atoms with Gasteiger partial charge in [0.15, 0.2) is 17.8 Å². The average Bonchev–Trinajstić information content (AvgIpc) is 3.10. The number of carbonyl (C=O) groups excluding carboxylic acids is 1. The van der Waals surface area contributed by atoms with Gasteiger partial charge in [0.2, 0.25) is 5.82 Å². The first kappa shape index (κ1) is 10.5. The van der Waals surface area contributed by atoms with Crippen molar-refractivity contribution in [1.29, 1.82) is 0 Å². The topological polar surface area (TPSA) is 87.0 Å². The van der Waals surface area contributed by atoms with E-state index in [9.17, 15) is 4.79 Å². The van der Waals surface area contributed by atoms with Gasteiger partial charge in [-0.1, -0.05) is 0 Å². The molecule has 0 aliphatic heterocycles. The molecular formula is C11H8N4O3. The molecule has 0 aliphatic rings. The highest BCUT2D eigenvalue weighted by Crippen LogP contribution is 2.13. The Labute approximate surface area is 101 Å². The van der Waals surface area contributed by atoms with Gasteiger partial charge in [-0.05, 0) is 29.5 Å². The molecule has 0 amide bonds. The van der Waals surface area contributed by atoms with E-state index in [1.54, 1.807) is 30.5 Å². The summed E-state index contributed by atoms with van der Waals surface area (Å²) in [6.07, 6.45) is 2.19. The molecule has 7 heteroatoms.